The van der Waals surface area contributed by atoms with E-state index in [0.717, 1.165) is 16.1 Å². The van der Waals surface area contributed by atoms with Crippen molar-refractivity contribution in [2.45, 2.75) is 39.9 Å². The molecule has 11 nitrogen and oxygen atoms in total. The second-order valence-electron chi connectivity index (χ2n) is 7.04. The third-order valence-corrected chi connectivity index (χ3v) is 10.7. The maximum Gasteiger partial charge on any atom is 1.00 e. The molecule has 0 saturated carbocycles. The van der Waals surface area contributed by atoms with Gasteiger partial charge in [-0.2, -0.15) is 5.21 Å². The Morgan fingerprint density at radius 1 is 1.50 bits per heavy atom. The first-order chi connectivity index (χ1) is 14.8. The SMILES string of the molecule is CC(=O)N(C1C(=O)N2CC(C(=O)[O-])(C(C)Sc3nn[nH]n3)CS[C@H]12)[S+]([O-])c1cccs1.[Na+]. The predicted octanol–water partition coefficient (Wildman–Crippen LogP) is -3.66. The number of hydrogen-bond donors (Lipinski definition) is 1. The first kappa shape index (κ1) is 25.8. The summed E-state index contributed by atoms with van der Waals surface area (Å²) in [4.78, 5) is 38.9. The number of β-lactam (4-membered cyclic amide) rings is 1. The number of carboxylic acids is 1. The van der Waals surface area contributed by atoms with Gasteiger partial charge in [0, 0.05) is 36.0 Å². The van der Waals surface area contributed by atoms with Crippen molar-refractivity contribution in [3.8, 4) is 0 Å². The fourth-order valence-corrected chi connectivity index (χ4v) is 8.62. The standard InChI is InChI=1S/C16H18N6O5S4.Na/c1-8(30-15-17-19-20-18-15)16(14(25)26)6-21-12(24)11(13(21)29-7-16)22(9(2)23)31(27)10-4-3-5-28-10;/h3-5,8,11,13H,6-7H2,1-2H3,(H,25,26)(H,17,18,19,20);/q;+1/p-1/t8?,11?,13-,16?,31?;/m1./s1. The number of amides is 2. The summed E-state index contributed by atoms with van der Waals surface area (Å²) in [5.74, 6) is -2.03. The van der Waals surface area contributed by atoms with E-state index in [9.17, 15) is 24.0 Å². The van der Waals surface area contributed by atoms with Crippen LogP contribution in [0.15, 0.2) is 26.9 Å². The quantitative estimate of drug-likeness (QED) is 0.166. The van der Waals surface area contributed by atoms with Gasteiger partial charge in [0.15, 0.2) is 6.04 Å². The summed E-state index contributed by atoms with van der Waals surface area (Å²) in [5, 5.41) is 26.7. The van der Waals surface area contributed by atoms with Gasteiger partial charge in [-0.05, 0) is 16.7 Å². The topological polar surface area (TPSA) is 158 Å². The summed E-state index contributed by atoms with van der Waals surface area (Å²) in [6.07, 6.45) is 0. The first-order valence-corrected chi connectivity index (χ1v) is 13.0. The minimum Gasteiger partial charge on any atom is -0.587 e. The van der Waals surface area contributed by atoms with Crippen molar-refractivity contribution in [2.24, 2.45) is 5.41 Å². The van der Waals surface area contributed by atoms with Crippen LogP contribution in [0.5, 0.6) is 0 Å². The van der Waals surface area contributed by atoms with Gasteiger partial charge in [-0.25, -0.2) is 0 Å². The van der Waals surface area contributed by atoms with Crippen molar-refractivity contribution >= 4 is 64.0 Å². The number of carbonyl (C=O) groups is 3. The summed E-state index contributed by atoms with van der Waals surface area (Å²) in [6.45, 7) is 2.91. The molecule has 0 aliphatic carbocycles. The zero-order valence-electron chi connectivity index (χ0n) is 17.3. The van der Waals surface area contributed by atoms with Gasteiger partial charge in [0.2, 0.25) is 9.37 Å². The Hall–Kier alpha value is -0.810. The van der Waals surface area contributed by atoms with Crippen LogP contribution < -0.4 is 34.7 Å². The van der Waals surface area contributed by atoms with E-state index in [-0.39, 0.29) is 41.9 Å². The molecule has 16 heteroatoms. The zero-order chi connectivity index (χ0) is 22.3. The molecule has 2 aliphatic rings. The van der Waals surface area contributed by atoms with E-state index in [0.29, 0.717) is 9.37 Å². The number of tetrazole rings is 1. The van der Waals surface area contributed by atoms with Crippen molar-refractivity contribution in [1.82, 2.24) is 29.8 Å². The van der Waals surface area contributed by atoms with Gasteiger partial charge in [-0.1, -0.05) is 30.0 Å². The van der Waals surface area contributed by atoms with Crippen LogP contribution in [-0.4, -0.2) is 81.1 Å². The van der Waals surface area contributed by atoms with E-state index >= 15 is 0 Å². The van der Waals surface area contributed by atoms with Crippen LogP contribution in [-0.2, 0) is 25.7 Å². The first-order valence-electron chi connectivity index (χ1n) is 9.05. The average molecular weight is 525 g/mol. The molecular formula is C16H17N6NaO5S4. The van der Waals surface area contributed by atoms with E-state index < -0.39 is 51.2 Å². The van der Waals surface area contributed by atoms with Crippen molar-refractivity contribution in [2.75, 3.05) is 12.3 Å². The number of nitrogens with zero attached hydrogens (tertiary/aromatic N) is 5. The van der Waals surface area contributed by atoms with Gasteiger partial charge < -0.3 is 19.4 Å². The number of aromatic amines is 1. The molecule has 0 aromatic carbocycles. The molecule has 1 N–H and O–H groups in total. The normalized spacial score (nSPS) is 26.3. The molecule has 2 aliphatic heterocycles. The van der Waals surface area contributed by atoms with Crippen LogP contribution in [0.1, 0.15) is 13.8 Å². The number of thioether (sulfide) groups is 2. The number of rotatable bonds is 7. The van der Waals surface area contributed by atoms with Crippen molar-refractivity contribution in [1.29, 1.82) is 0 Å². The number of H-pyrrole nitrogens is 1. The summed E-state index contributed by atoms with van der Waals surface area (Å²) < 4.78 is 14.5. The number of hydrogen-bond acceptors (Lipinski definition) is 11. The Bertz CT molecular complexity index is 982. The summed E-state index contributed by atoms with van der Waals surface area (Å²) in [5.41, 5.74) is -1.35. The molecule has 0 spiro atoms. The molecule has 2 aromatic heterocycles. The van der Waals surface area contributed by atoms with E-state index in [2.05, 4.69) is 20.6 Å². The van der Waals surface area contributed by atoms with Gasteiger partial charge in [0.25, 0.3) is 11.8 Å². The molecule has 4 unspecified atom stereocenters. The number of thiophene rings is 1. The number of aliphatic carboxylic acids is 1. The Morgan fingerprint density at radius 3 is 2.81 bits per heavy atom. The van der Waals surface area contributed by atoms with Crippen molar-refractivity contribution < 1.29 is 53.6 Å². The van der Waals surface area contributed by atoms with E-state index in [1.165, 1.54) is 34.9 Å². The maximum absolute atomic E-state index is 13.0. The number of nitrogens with one attached hydrogen (secondary N) is 1. The van der Waals surface area contributed by atoms with Crippen molar-refractivity contribution in [3.63, 3.8) is 0 Å². The molecule has 2 aromatic rings. The number of carbonyl (C=O) groups excluding carboxylic acids is 3. The van der Waals surface area contributed by atoms with Gasteiger partial charge in [0.1, 0.15) is 16.7 Å². The summed E-state index contributed by atoms with van der Waals surface area (Å²) in [7, 11) is 0. The third kappa shape index (κ3) is 4.45. The fraction of sp³-hybridized carbons (Fsp3) is 0.500. The van der Waals surface area contributed by atoms with Crippen LogP contribution >= 0.6 is 34.9 Å². The molecule has 32 heavy (non-hydrogen) atoms. The Kier molecular flexibility index (Phi) is 8.24. The molecule has 0 radical (unpaired) electrons. The fourth-order valence-electron chi connectivity index (χ4n) is 3.54. The molecule has 166 valence electrons. The molecule has 5 atom stereocenters. The van der Waals surface area contributed by atoms with E-state index in [4.69, 9.17) is 0 Å². The summed E-state index contributed by atoms with van der Waals surface area (Å²) >= 11 is 1.79. The van der Waals surface area contributed by atoms with Crippen molar-refractivity contribution in [3.05, 3.63) is 17.5 Å². The van der Waals surface area contributed by atoms with E-state index in [1.54, 1.807) is 24.4 Å². The average Bonchev–Trinajstić information content (AvgIpc) is 3.44. The largest absolute Gasteiger partial charge is 1.00 e. The van der Waals surface area contributed by atoms with Crippen LogP contribution in [0.4, 0.5) is 0 Å². The second kappa shape index (κ2) is 10.2. The molecule has 2 fully saturated rings. The Labute approximate surface area is 221 Å². The number of aromatic nitrogens is 4. The van der Waals surface area contributed by atoms with Crippen LogP contribution in [0.25, 0.3) is 0 Å². The minimum absolute atomic E-state index is 0. The monoisotopic (exact) mass is 524 g/mol. The number of fused-ring (bicyclic) bond motifs is 1. The van der Waals surface area contributed by atoms with Gasteiger partial charge in [-0.3, -0.25) is 9.59 Å². The maximum atomic E-state index is 13.0. The Balaban J connectivity index is 0.00000289. The third-order valence-electron chi connectivity index (χ3n) is 5.28. The van der Waals surface area contributed by atoms with Gasteiger partial charge >= 0.3 is 29.6 Å². The van der Waals surface area contributed by atoms with Crippen LogP contribution in [0.3, 0.4) is 0 Å². The molecular weight excluding hydrogens is 507 g/mol. The molecule has 2 amide bonds. The van der Waals surface area contributed by atoms with Crippen LogP contribution in [0, 0.1) is 5.41 Å². The zero-order valence-corrected chi connectivity index (χ0v) is 22.6. The molecule has 4 rings (SSSR count). The second-order valence-corrected chi connectivity index (χ2v) is 12.0. The van der Waals surface area contributed by atoms with E-state index in [1.807, 2.05) is 0 Å². The van der Waals surface area contributed by atoms with Gasteiger partial charge in [-0.15, -0.1) is 26.3 Å². The molecule has 0 bridgehead atoms. The molecule has 2 saturated heterocycles. The minimum atomic E-state index is -1.81. The van der Waals surface area contributed by atoms with Gasteiger partial charge in [0.05, 0.1) is 5.97 Å². The Morgan fingerprint density at radius 2 is 2.25 bits per heavy atom. The smallest absolute Gasteiger partial charge is 0.587 e. The number of carboxylic acid groups (broad SMARTS) is 1. The summed E-state index contributed by atoms with van der Waals surface area (Å²) in [6, 6.07) is 2.45. The van der Waals surface area contributed by atoms with Crippen LogP contribution in [0.2, 0.25) is 0 Å². The predicted molar refractivity (Wildman–Crippen MR) is 112 cm³/mol. The molecule has 4 heterocycles.